The topological polar surface area (TPSA) is 74.6 Å². The van der Waals surface area contributed by atoms with Gasteiger partial charge in [-0.2, -0.15) is 5.10 Å². The molecular formula is C31H33N3O2. The third-order valence-electron chi connectivity index (χ3n) is 6.16. The summed E-state index contributed by atoms with van der Waals surface area (Å²) in [5.74, 6) is 0.000724. The number of hydrazone groups is 1. The zero-order valence-electron chi connectivity index (χ0n) is 21.8. The summed E-state index contributed by atoms with van der Waals surface area (Å²) in [4.78, 5) is 18.0. The van der Waals surface area contributed by atoms with Crippen molar-refractivity contribution in [3.8, 4) is 17.0 Å². The van der Waals surface area contributed by atoms with Crippen LogP contribution in [-0.4, -0.2) is 22.2 Å². The lowest BCUT2D eigenvalue weighted by Crippen LogP contribution is -2.19. The molecule has 1 aromatic heterocycles. The first-order chi connectivity index (χ1) is 16.9. The number of aromatic hydroxyl groups is 1. The van der Waals surface area contributed by atoms with E-state index in [0.717, 1.165) is 38.9 Å². The van der Waals surface area contributed by atoms with Gasteiger partial charge < -0.3 is 5.11 Å². The minimum atomic E-state index is -0.312. The van der Waals surface area contributed by atoms with E-state index in [2.05, 4.69) is 52.1 Å². The van der Waals surface area contributed by atoms with Gasteiger partial charge in [-0.25, -0.2) is 10.4 Å². The Bertz CT molecular complexity index is 1410. The molecule has 5 heteroatoms. The lowest BCUT2D eigenvalue weighted by Gasteiger charge is -2.27. The summed E-state index contributed by atoms with van der Waals surface area (Å²) in [6.45, 7) is 12.4. The highest BCUT2D eigenvalue weighted by atomic mass is 16.3. The first kappa shape index (κ1) is 25.1. The predicted octanol–water partition coefficient (Wildman–Crippen LogP) is 6.97. The van der Waals surface area contributed by atoms with Gasteiger partial charge >= 0.3 is 0 Å². The van der Waals surface area contributed by atoms with Gasteiger partial charge in [0.25, 0.3) is 5.91 Å². The van der Waals surface area contributed by atoms with Gasteiger partial charge in [0.1, 0.15) is 5.75 Å². The monoisotopic (exact) mass is 479 g/mol. The van der Waals surface area contributed by atoms with Crippen LogP contribution in [-0.2, 0) is 10.8 Å². The Kier molecular flexibility index (Phi) is 6.68. The lowest BCUT2D eigenvalue weighted by atomic mass is 9.78. The van der Waals surface area contributed by atoms with Crippen LogP contribution in [0.5, 0.6) is 5.75 Å². The smallest absolute Gasteiger partial charge is 0.272 e. The molecule has 0 aliphatic heterocycles. The molecule has 4 aromatic rings. The first-order valence-electron chi connectivity index (χ1n) is 12.1. The van der Waals surface area contributed by atoms with Crippen molar-refractivity contribution < 1.29 is 9.90 Å². The van der Waals surface area contributed by atoms with Crippen LogP contribution in [0, 0.1) is 0 Å². The highest BCUT2D eigenvalue weighted by Gasteiger charge is 2.26. The molecule has 0 spiro atoms. The summed E-state index contributed by atoms with van der Waals surface area (Å²) >= 11 is 0. The summed E-state index contributed by atoms with van der Waals surface area (Å²) in [6.07, 6.45) is 1.63. The van der Waals surface area contributed by atoms with Gasteiger partial charge in [-0.3, -0.25) is 4.79 Å². The van der Waals surface area contributed by atoms with Crippen molar-refractivity contribution in [3.63, 3.8) is 0 Å². The fraction of sp³-hybridized carbons (Fsp3) is 0.258. The fourth-order valence-electron chi connectivity index (χ4n) is 4.22. The van der Waals surface area contributed by atoms with Gasteiger partial charge in [-0.15, -0.1) is 0 Å². The molecule has 0 saturated carbocycles. The number of benzene rings is 3. The standard InChI is InChI=1S/C31H33N3O2/c1-30(2,3)24-16-20(17-25(28(24)35)31(4,5)6)19-32-34-29(36)23-18-27(21-12-8-7-9-13-21)33-26-15-11-10-14-22(23)26/h7-19,35H,1-6H3,(H,34,36)/b32-19-. The number of aromatic nitrogens is 1. The Hall–Kier alpha value is -3.99. The van der Waals surface area contributed by atoms with E-state index < -0.39 is 0 Å². The lowest BCUT2D eigenvalue weighted by molar-refractivity contribution is 0.0956. The Morgan fingerprint density at radius 2 is 1.44 bits per heavy atom. The molecule has 0 fully saturated rings. The molecule has 0 aliphatic carbocycles. The van der Waals surface area contributed by atoms with Crippen LogP contribution in [0.1, 0.15) is 68.6 Å². The van der Waals surface area contributed by atoms with Gasteiger partial charge in [0.05, 0.1) is 23.0 Å². The van der Waals surface area contributed by atoms with Gasteiger partial charge in [-0.05, 0) is 40.7 Å². The molecule has 0 unspecified atom stereocenters. The van der Waals surface area contributed by atoms with Crippen molar-refractivity contribution in [3.05, 3.63) is 95.1 Å². The van der Waals surface area contributed by atoms with E-state index in [1.807, 2.05) is 66.7 Å². The molecule has 0 aliphatic rings. The third kappa shape index (κ3) is 5.30. The number of hydrogen-bond donors (Lipinski definition) is 2. The highest BCUT2D eigenvalue weighted by Crippen LogP contribution is 2.39. The summed E-state index contributed by atoms with van der Waals surface area (Å²) < 4.78 is 0. The molecule has 36 heavy (non-hydrogen) atoms. The number of phenolic OH excluding ortho intramolecular Hbond substituents is 1. The van der Waals surface area contributed by atoms with Crippen LogP contribution in [0.25, 0.3) is 22.2 Å². The van der Waals surface area contributed by atoms with Crippen LogP contribution < -0.4 is 5.43 Å². The second-order valence-corrected chi connectivity index (χ2v) is 11.1. The van der Waals surface area contributed by atoms with Gasteiger partial charge in [-0.1, -0.05) is 90.1 Å². The largest absolute Gasteiger partial charge is 0.507 e. The highest BCUT2D eigenvalue weighted by molar-refractivity contribution is 6.07. The summed E-state index contributed by atoms with van der Waals surface area (Å²) in [5, 5.41) is 16.0. The number of fused-ring (bicyclic) bond motifs is 1. The van der Waals surface area contributed by atoms with E-state index in [-0.39, 0.29) is 16.7 Å². The number of pyridine rings is 1. The van der Waals surface area contributed by atoms with Crippen molar-refractivity contribution in [2.45, 2.75) is 52.4 Å². The molecule has 5 nitrogen and oxygen atoms in total. The average Bonchev–Trinajstić information content (AvgIpc) is 2.83. The predicted molar refractivity (Wildman–Crippen MR) is 148 cm³/mol. The molecule has 2 N–H and O–H groups in total. The molecule has 0 radical (unpaired) electrons. The van der Waals surface area contributed by atoms with E-state index in [1.54, 1.807) is 12.3 Å². The second kappa shape index (κ2) is 9.57. The van der Waals surface area contributed by atoms with Crippen LogP contribution in [0.3, 0.4) is 0 Å². The number of para-hydroxylation sites is 1. The number of rotatable bonds is 4. The van der Waals surface area contributed by atoms with Gasteiger partial charge in [0.15, 0.2) is 0 Å². The average molecular weight is 480 g/mol. The molecule has 184 valence electrons. The molecule has 3 aromatic carbocycles. The van der Waals surface area contributed by atoms with Crippen LogP contribution in [0.2, 0.25) is 0 Å². The van der Waals surface area contributed by atoms with E-state index in [1.165, 1.54) is 0 Å². The molecule has 0 bridgehead atoms. The number of carbonyl (C=O) groups excluding carboxylic acids is 1. The van der Waals surface area contributed by atoms with Crippen molar-refractivity contribution in [1.82, 2.24) is 10.4 Å². The second-order valence-electron chi connectivity index (χ2n) is 11.1. The van der Waals surface area contributed by atoms with E-state index in [4.69, 9.17) is 4.98 Å². The molecule has 0 saturated heterocycles. The quantitative estimate of drug-likeness (QED) is 0.245. The number of hydrogen-bond acceptors (Lipinski definition) is 4. The third-order valence-corrected chi connectivity index (χ3v) is 6.16. The van der Waals surface area contributed by atoms with Crippen molar-refractivity contribution in [2.24, 2.45) is 5.10 Å². The number of nitrogens with one attached hydrogen (secondary N) is 1. The summed E-state index contributed by atoms with van der Waals surface area (Å²) in [7, 11) is 0. The minimum Gasteiger partial charge on any atom is -0.507 e. The summed E-state index contributed by atoms with van der Waals surface area (Å²) in [6, 6.07) is 23.1. The maximum Gasteiger partial charge on any atom is 0.272 e. The van der Waals surface area contributed by atoms with Crippen LogP contribution in [0.4, 0.5) is 0 Å². The number of carbonyl (C=O) groups is 1. The fourth-order valence-corrected chi connectivity index (χ4v) is 4.22. The van der Waals surface area contributed by atoms with Crippen molar-refractivity contribution in [2.75, 3.05) is 0 Å². The van der Waals surface area contributed by atoms with E-state index >= 15 is 0 Å². The number of amides is 1. The molecule has 0 atom stereocenters. The molecule has 1 amide bonds. The van der Waals surface area contributed by atoms with E-state index in [0.29, 0.717) is 11.3 Å². The molecule has 4 rings (SSSR count). The Balaban J connectivity index is 1.68. The Morgan fingerprint density at radius 3 is 2.06 bits per heavy atom. The maximum absolute atomic E-state index is 13.2. The van der Waals surface area contributed by atoms with E-state index in [9.17, 15) is 9.90 Å². The SMILES string of the molecule is CC(C)(C)c1cc(/C=N\NC(=O)c2cc(-c3ccccc3)nc3ccccc23)cc(C(C)(C)C)c1O. The zero-order valence-corrected chi connectivity index (χ0v) is 21.8. The van der Waals surface area contributed by atoms with Crippen LogP contribution in [0.15, 0.2) is 77.9 Å². The normalized spacial score (nSPS) is 12.3. The van der Waals surface area contributed by atoms with Gasteiger partial charge in [0.2, 0.25) is 0 Å². The number of phenols is 1. The zero-order chi connectivity index (χ0) is 26.1. The first-order valence-corrected chi connectivity index (χ1v) is 12.1. The maximum atomic E-state index is 13.2. The van der Waals surface area contributed by atoms with Crippen molar-refractivity contribution in [1.29, 1.82) is 0 Å². The summed E-state index contributed by atoms with van der Waals surface area (Å²) in [5.41, 5.74) is 7.61. The Labute approximate surface area is 212 Å². The van der Waals surface area contributed by atoms with Gasteiger partial charge in [0, 0.05) is 22.1 Å². The minimum absolute atomic E-state index is 0.249. The van der Waals surface area contributed by atoms with Crippen LogP contribution >= 0.6 is 0 Å². The molecule has 1 heterocycles. The Morgan fingerprint density at radius 1 is 0.861 bits per heavy atom. The number of nitrogens with zero attached hydrogens (tertiary/aromatic N) is 2. The van der Waals surface area contributed by atoms with Crippen molar-refractivity contribution >= 4 is 23.0 Å². The molecular weight excluding hydrogens is 446 g/mol.